The normalized spacial score (nSPS) is 21.2. The van der Waals surface area contributed by atoms with Gasteiger partial charge in [-0.05, 0) is 20.1 Å². The van der Waals surface area contributed by atoms with Crippen LogP contribution in [0.4, 0.5) is 0 Å². The van der Waals surface area contributed by atoms with Crippen molar-refractivity contribution >= 4 is 11.8 Å². The second kappa shape index (κ2) is 4.49. The first-order valence-electron chi connectivity index (χ1n) is 4.48. The molecule has 0 aromatic rings. The first kappa shape index (κ1) is 10.4. The summed E-state index contributed by atoms with van der Waals surface area (Å²) in [5.74, 6) is 1.20. The molecule has 0 aromatic carbocycles. The molecule has 0 bridgehead atoms. The maximum Gasteiger partial charge on any atom is 0.0594 e. The van der Waals surface area contributed by atoms with E-state index in [4.69, 9.17) is 4.74 Å². The van der Waals surface area contributed by atoms with E-state index in [1.165, 1.54) is 5.75 Å². The Labute approximate surface area is 79.6 Å². The van der Waals surface area contributed by atoms with Crippen LogP contribution in [0.1, 0.15) is 13.8 Å². The van der Waals surface area contributed by atoms with Gasteiger partial charge in [0.05, 0.1) is 13.2 Å². The molecule has 0 N–H and O–H groups in total. The third-order valence-electron chi connectivity index (χ3n) is 2.36. The highest BCUT2D eigenvalue weighted by atomic mass is 32.2. The molecule has 0 aromatic heterocycles. The van der Waals surface area contributed by atoms with E-state index in [0.29, 0.717) is 5.54 Å². The fourth-order valence-corrected chi connectivity index (χ4v) is 2.50. The summed E-state index contributed by atoms with van der Waals surface area (Å²) in [7, 11) is 0. The topological polar surface area (TPSA) is 12.5 Å². The number of rotatable bonds is 3. The molecular formula is C9H19NOS. The van der Waals surface area contributed by atoms with Crippen molar-refractivity contribution in [1.82, 2.24) is 4.90 Å². The molecule has 0 atom stereocenters. The van der Waals surface area contributed by atoms with Gasteiger partial charge in [0.1, 0.15) is 0 Å². The maximum absolute atomic E-state index is 5.32. The molecule has 1 heterocycles. The minimum Gasteiger partial charge on any atom is -0.379 e. The number of hydrogen-bond donors (Lipinski definition) is 0. The molecule has 0 saturated carbocycles. The maximum atomic E-state index is 5.32. The van der Waals surface area contributed by atoms with Crippen molar-refractivity contribution in [1.29, 1.82) is 0 Å². The van der Waals surface area contributed by atoms with Gasteiger partial charge in [-0.2, -0.15) is 11.8 Å². The van der Waals surface area contributed by atoms with Crippen molar-refractivity contribution in [3.8, 4) is 0 Å². The van der Waals surface area contributed by atoms with E-state index in [1.807, 2.05) is 11.8 Å². The van der Waals surface area contributed by atoms with Crippen LogP contribution in [0, 0.1) is 0 Å². The number of hydrogen-bond acceptors (Lipinski definition) is 3. The number of ether oxygens (including phenoxy) is 1. The molecule has 0 aliphatic carbocycles. The second-order valence-electron chi connectivity index (χ2n) is 3.84. The van der Waals surface area contributed by atoms with E-state index in [2.05, 4.69) is 25.0 Å². The molecule has 1 fully saturated rings. The van der Waals surface area contributed by atoms with E-state index < -0.39 is 0 Å². The third-order valence-corrected chi connectivity index (χ3v) is 3.36. The quantitative estimate of drug-likeness (QED) is 0.667. The van der Waals surface area contributed by atoms with Crippen LogP contribution in [0.2, 0.25) is 0 Å². The predicted molar refractivity (Wildman–Crippen MR) is 54.9 cm³/mol. The zero-order valence-electron chi connectivity index (χ0n) is 8.30. The lowest BCUT2D eigenvalue weighted by Gasteiger charge is -2.40. The predicted octanol–water partition coefficient (Wildman–Crippen LogP) is 1.46. The van der Waals surface area contributed by atoms with E-state index in [9.17, 15) is 0 Å². The first-order chi connectivity index (χ1) is 5.67. The van der Waals surface area contributed by atoms with Crippen molar-refractivity contribution in [3.05, 3.63) is 0 Å². The molecule has 1 saturated heterocycles. The van der Waals surface area contributed by atoms with Crippen LogP contribution in [0.25, 0.3) is 0 Å². The van der Waals surface area contributed by atoms with Crippen LogP contribution in [0.3, 0.4) is 0 Å². The average Bonchev–Trinajstić information content (AvgIpc) is 2.06. The number of thioether (sulfide) groups is 1. The molecule has 0 radical (unpaired) electrons. The lowest BCUT2D eigenvalue weighted by Crippen LogP contribution is -2.51. The molecule has 1 aliphatic rings. The molecule has 0 unspecified atom stereocenters. The van der Waals surface area contributed by atoms with Gasteiger partial charge in [0.2, 0.25) is 0 Å². The first-order valence-corrected chi connectivity index (χ1v) is 5.88. The summed E-state index contributed by atoms with van der Waals surface area (Å²) in [6.07, 6.45) is 2.17. The Morgan fingerprint density at radius 1 is 1.33 bits per heavy atom. The average molecular weight is 189 g/mol. The largest absolute Gasteiger partial charge is 0.379 e. The molecule has 0 amide bonds. The second-order valence-corrected chi connectivity index (χ2v) is 4.71. The summed E-state index contributed by atoms with van der Waals surface area (Å²) < 4.78 is 5.32. The van der Waals surface area contributed by atoms with Gasteiger partial charge < -0.3 is 4.74 Å². The Morgan fingerprint density at radius 2 is 1.92 bits per heavy atom. The molecule has 1 aliphatic heterocycles. The highest BCUT2D eigenvalue weighted by molar-refractivity contribution is 7.98. The van der Waals surface area contributed by atoms with Gasteiger partial charge in [-0.15, -0.1) is 0 Å². The van der Waals surface area contributed by atoms with Gasteiger partial charge in [-0.1, -0.05) is 0 Å². The van der Waals surface area contributed by atoms with Crippen molar-refractivity contribution in [3.63, 3.8) is 0 Å². The molecule has 1 rings (SSSR count). The molecule has 2 nitrogen and oxygen atoms in total. The monoisotopic (exact) mass is 189 g/mol. The Balaban J connectivity index is 2.41. The van der Waals surface area contributed by atoms with Crippen molar-refractivity contribution in [2.24, 2.45) is 0 Å². The summed E-state index contributed by atoms with van der Waals surface area (Å²) >= 11 is 1.92. The van der Waals surface area contributed by atoms with Gasteiger partial charge in [-0.25, -0.2) is 0 Å². The van der Waals surface area contributed by atoms with Gasteiger partial charge in [0, 0.05) is 24.4 Å². The summed E-state index contributed by atoms with van der Waals surface area (Å²) in [5.41, 5.74) is 0.337. The van der Waals surface area contributed by atoms with E-state index in [-0.39, 0.29) is 0 Å². The standard InChI is InChI=1S/C9H19NOS/c1-9(2,8-12-3)10-4-6-11-7-5-10/h4-8H2,1-3H3. The van der Waals surface area contributed by atoms with Crippen molar-refractivity contribution in [2.45, 2.75) is 19.4 Å². The van der Waals surface area contributed by atoms with E-state index in [0.717, 1.165) is 26.3 Å². The minimum absolute atomic E-state index is 0.337. The highest BCUT2D eigenvalue weighted by Crippen LogP contribution is 2.19. The summed E-state index contributed by atoms with van der Waals surface area (Å²) in [5, 5.41) is 0. The van der Waals surface area contributed by atoms with Crippen LogP contribution >= 0.6 is 11.8 Å². The lowest BCUT2D eigenvalue weighted by atomic mass is 10.1. The Hall–Kier alpha value is 0.270. The zero-order chi connectivity index (χ0) is 9.03. The third kappa shape index (κ3) is 2.64. The summed E-state index contributed by atoms with van der Waals surface area (Å²) in [4.78, 5) is 2.52. The van der Waals surface area contributed by atoms with Crippen molar-refractivity contribution in [2.75, 3.05) is 38.3 Å². The fourth-order valence-electron chi connectivity index (χ4n) is 1.61. The minimum atomic E-state index is 0.337. The summed E-state index contributed by atoms with van der Waals surface area (Å²) in [6, 6.07) is 0. The molecule has 72 valence electrons. The Kier molecular flexibility index (Phi) is 3.87. The van der Waals surface area contributed by atoms with Crippen LogP contribution < -0.4 is 0 Å². The van der Waals surface area contributed by atoms with E-state index in [1.54, 1.807) is 0 Å². The van der Waals surface area contributed by atoms with E-state index >= 15 is 0 Å². The highest BCUT2D eigenvalue weighted by Gasteiger charge is 2.27. The zero-order valence-corrected chi connectivity index (χ0v) is 9.12. The van der Waals surface area contributed by atoms with Gasteiger partial charge in [0.25, 0.3) is 0 Å². The van der Waals surface area contributed by atoms with Gasteiger partial charge in [0.15, 0.2) is 0 Å². The molecule has 12 heavy (non-hydrogen) atoms. The van der Waals surface area contributed by atoms with Crippen LogP contribution in [0.5, 0.6) is 0 Å². The van der Waals surface area contributed by atoms with Gasteiger partial charge in [-0.3, -0.25) is 4.90 Å². The number of nitrogens with zero attached hydrogens (tertiary/aromatic N) is 1. The molecule has 0 spiro atoms. The smallest absolute Gasteiger partial charge is 0.0594 e. The van der Waals surface area contributed by atoms with Crippen LogP contribution in [-0.4, -0.2) is 48.8 Å². The Bertz CT molecular complexity index is 132. The van der Waals surface area contributed by atoms with Crippen LogP contribution in [0.15, 0.2) is 0 Å². The molecule has 3 heteroatoms. The fraction of sp³-hybridized carbons (Fsp3) is 1.00. The SMILES string of the molecule is CSCC(C)(C)N1CCOCC1. The number of morpholine rings is 1. The summed E-state index contributed by atoms with van der Waals surface area (Å²) in [6.45, 7) is 8.61. The van der Waals surface area contributed by atoms with Crippen molar-refractivity contribution < 1.29 is 4.74 Å². The van der Waals surface area contributed by atoms with Gasteiger partial charge >= 0.3 is 0 Å². The Morgan fingerprint density at radius 3 is 2.42 bits per heavy atom. The molecular weight excluding hydrogens is 170 g/mol. The lowest BCUT2D eigenvalue weighted by molar-refractivity contribution is -0.00235. The van der Waals surface area contributed by atoms with Crippen LogP contribution in [-0.2, 0) is 4.74 Å².